The summed E-state index contributed by atoms with van der Waals surface area (Å²) in [6.45, 7) is 0.906. The molecule has 0 unspecified atom stereocenters. The number of aromatic nitrogens is 2. The van der Waals surface area contributed by atoms with Crippen molar-refractivity contribution in [3.05, 3.63) is 30.2 Å². The van der Waals surface area contributed by atoms with Crippen LogP contribution < -0.4 is 10.1 Å². The SMILES string of the molecule is CNCCc1ncnc2ccc(OC)cc12. The normalized spacial score (nSPS) is 10.6. The van der Waals surface area contributed by atoms with Crippen LogP contribution in [0.15, 0.2) is 24.5 Å². The van der Waals surface area contributed by atoms with Crippen molar-refractivity contribution in [3.63, 3.8) is 0 Å². The second kappa shape index (κ2) is 4.90. The molecule has 84 valence electrons. The largest absolute Gasteiger partial charge is 0.497 e. The van der Waals surface area contributed by atoms with E-state index in [4.69, 9.17) is 4.74 Å². The first-order valence-electron chi connectivity index (χ1n) is 5.27. The van der Waals surface area contributed by atoms with Crippen molar-refractivity contribution in [2.75, 3.05) is 20.7 Å². The van der Waals surface area contributed by atoms with Gasteiger partial charge in [0.05, 0.1) is 18.3 Å². The highest BCUT2D eigenvalue weighted by Crippen LogP contribution is 2.21. The minimum atomic E-state index is 0.841. The van der Waals surface area contributed by atoms with Crippen LogP contribution in [0, 0.1) is 0 Å². The second-order valence-electron chi connectivity index (χ2n) is 3.56. The quantitative estimate of drug-likeness (QED) is 0.841. The molecule has 4 heteroatoms. The number of benzene rings is 1. The number of likely N-dealkylation sites (N-methyl/N-ethyl adjacent to an activating group) is 1. The minimum absolute atomic E-state index is 0.841. The maximum Gasteiger partial charge on any atom is 0.119 e. The molecular weight excluding hydrogens is 202 g/mol. The summed E-state index contributed by atoms with van der Waals surface area (Å²) in [6, 6.07) is 5.86. The van der Waals surface area contributed by atoms with Crippen molar-refractivity contribution < 1.29 is 4.74 Å². The summed E-state index contributed by atoms with van der Waals surface area (Å²) in [4.78, 5) is 8.55. The van der Waals surface area contributed by atoms with Gasteiger partial charge in [-0.1, -0.05) is 0 Å². The molecule has 1 N–H and O–H groups in total. The zero-order valence-corrected chi connectivity index (χ0v) is 9.53. The predicted octanol–water partition coefficient (Wildman–Crippen LogP) is 1.40. The molecule has 1 aromatic heterocycles. The van der Waals surface area contributed by atoms with Crippen molar-refractivity contribution >= 4 is 10.9 Å². The number of ether oxygens (including phenoxy) is 1. The van der Waals surface area contributed by atoms with Gasteiger partial charge >= 0.3 is 0 Å². The molecule has 0 aliphatic heterocycles. The van der Waals surface area contributed by atoms with Crippen molar-refractivity contribution in [1.82, 2.24) is 15.3 Å². The lowest BCUT2D eigenvalue weighted by Gasteiger charge is -2.06. The molecule has 0 aliphatic rings. The summed E-state index contributed by atoms with van der Waals surface area (Å²) in [5, 5.41) is 4.18. The average molecular weight is 217 g/mol. The van der Waals surface area contributed by atoms with Gasteiger partial charge in [-0.2, -0.15) is 0 Å². The maximum absolute atomic E-state index is 5.21. The first kappa shape index (κ1) is 10.8. The molecule has 0 aliphatic carbocycles. The molecule has 1 aromatic carbocycles. The molecule has 4 nitrogen and oxygen atoms in total. The monoisotopic (exact) mass is 217 g/mol. The Kier molecular flexibility index (Phi) is 3.31. The predicted molar refractivity (Wildman–Crippen MR) is 63.7 cm³/mol. The van der Waals surface area contributed by atoms with E-state index in [1.165, 1.54) is 0 Å². The molecule has 0 fully saturated rings. The lowest BCUT2D eigenvalue weighted by molar-refractivity contribution is 0.415. The highest BCUT2D eigenvalue weighted by molar-refractivity contribution is 5.82. The highest BCUT2D eigenvalue weighted by atomic mass is 16.5. The van der Waals surface area contributed by atoms with E-state index in [1.54, 1.807) is 13.4 Å². The molecule has 2 aromatic rings. The summed E-state index contributed by atoms with van der Waals surface area (Å²) >= 11 is 0. The molecule has 0 atom stereocenters. The molecule has 1 heterocycles. The van der Waals surface area contributed by atoms with Gasteiger partial charge in [-0.15, -0.1) is 0 Å². The number of hydrogen-bond donors (Lipinski definition) is 1. The fourth-order valence-electron chi connectivity index (χ4n) is 1.66. The van der Waals surface area contributed by atoms with Crippen LogP contribution >= 0.6 is 0 Å². The molecular formula is C12H15N3O. The van der Waals surface area contributed by atoms with Crippen LogP contribution in [0.4, 0.5) is 0 Å². The van der Waals surface area contributed by atoms with Gasteiger partial charge in [-0.05, 0) is 25.2 Å². The first-order chi connectivity index (χ1) is 7.85. The van der Waals surface area contributed by atoms with Crippen LogP contribution in [-0.4, -0.2) is 30.7 Å². The summed E-state index contributed by atoms with van der Waals surface area (Å²) in [5.74, 6) is 0.841. The number of hydrogen-bond acceptors (Lipinski definition) is 4. The second-order valence-corrected chi connectivity index (χ2v) is 3.56. The summed E-state index contributed by atoms with van der Waals surface area (Å²) < 4.78 is 5.21. The van der Waals surface area contributed by atoms with E-state index in [9.17, 15) is 0 Å². The lowest BCUT2D eigenvalue weighted by Crippen LogP contribution is -2.11. The van der Waals surface area contributed by atoms with E-state index in [2.05, 4.69) is 15.3 Å². The number of methoxy groups -OCH3 is 1. The number of nitrogens with one attached hydrogen (secondary N) is 1. The Bertz CT molecular complexity index is 485. The minimum Gasteiger partial charge on any atom is -0.497 e. The zero-order chi connectivity index (χ0) is 11.4. The number of nitrogens with zero attached hydrogens (tertiary/aromatic N) is 2. The zero-order valence-electron chi connectivity index (χ0n) is 9.53. The van der Waals surface area contributed by atoms with Crippen molar-refractivity contribution in [2.45, 2.75) is 6.42 Å². The van der Waals surface area contributed by atoms with Crippen LogP contribution in [0.25, 0.3) is 10.9 Å². The Balaban J connectivity index is 2.46. The first-order valence-corrected chi connectivity index (χ1v) is 5.27. The van der Waals surface area contributed by atoms with Gasteiger partial charge in [0.15, 0.2) is 0 Å². The molecule has 0 saturated heterocycles. The standard InChI is InChI=1S/C12H15N3O/c1-13-6-5-12-10-7-9(16-2)3-4-11(10)14-8-15-12/h3-4,7-8,13H,5-6H2,1-2H3. The maximum atomic E-state index is 5.21. The van der Waals surface area contributed by atoms with E-state index in [0.29, 0.717) is 0 Å². The Labute approximate surface area is 94.7 Å². The van der Waals surface area contributed by atoms with E-state index in [1.807, 2.05) is 25.2 Å². The van der Waals surface area contributed by atoms with Gasteiger partial charge in [-0.25, -0.2) is 9.97 Å². The van der Waals surface area contributed by atoms with Crippen LogP contribution in [-0.2, 0) is 6.42 Å². The summed E-state index contributed by atoms with van der Waals surface area (Å²) in [7, 11) is 3.60. The van der Waals surface area contributed by atoms with Gasteiger partial charge in [0.1, 0.15) is 12.1 Å². The van der Waals surface area contributed by atoms with Crippen molar-refractivity contribution in [1.29, 1.82) is 0 Å². The molecule has 16 heavy (non-hydrogen) atoms. The highest BCUT2D eigenvalue weighted by Gasteiger charge is 2.04. The Morgan fingerprint density at radius 1 is 1.31 bits per heavy atom. The van der Waals surface area contributed by atoms with Gasteiger partial charge in [0.2, 0.25) is 0 Å². The third-order valence-corrected chi connectivity index (χ3v) is 2.54. The molecule has 0 spiro atoms. The third kappa shape index (κ3) is 2.12. The van der Waals surface area contributed by atoms with E-state index in [0.717, 1.165) is 35.3 Å². The van der Waals surface area contributed by atoms with Crippen molar-refractivity contribution in [2.24, 2.45) is 0 Å². The lowest BCUT2D eigenvalue weighted by atomic mass is 10.1. The van der Waals surface area contributed by atoms with Crippen LogP contribution in [0.1, 0.15) is 5.69 Å². The fraction of sp³-hybridized carbons (Fsp3) is 0.333. The molecule has 0 radical (unpaired) electrons. The smallest absolute Gasteiger partial charge is 0.119 e. The van der Waals surface area contributed by atoms with Crippen LogP contribution in [0.5, 0.6) is 5.75 Å². The summed E-state index contributed by atoms with van der Waals surface area (Å²) in [5.41, 5.74) is 2.01. The van der Waals surface area contributed by atoms with Crippen molar-refractivity contribution in [3.8, 4) is 5.75 Å². The van der Waals surface area contributed by atoms with Gasteiger partial charge < -0.3 is 10.1 Å². The number of fused-ring (bicyclic) bond motifs is 1. The van der Waals surface area contributed by atoms with Gasteiger partial charge in [-0.3, -0.25) is 0 Å². The number of rotatable bonds is 4. The topological polar surface area (TPSA) is 47.0 Å². The average Bonchev–Trinajstić information content (AvgIpc) is 2.35. The summed E-state index contributed by atoms with van der Waals surface area (Å²) in [6.07, 6.45) is 2.50. The molecule has 0 saturated carbocycles. The third-order valence-electron chi connectivity index (χ3n) is 2.54. The Morgan fingerprint density at radius 2 is 2.19 bits per heavy atom. The van der Waals surface area contributed by atoms with Gasteiger partial charge in [0.25, 0.3) is 0 Å². The molecule has 0 bridgehead atoms. The Morgan fingerprint density at radius 3 is 2.94 bits per heavy atom. The van der Waals surface area contributed by atoms with E-state index < -0.39 is 0 Å². The van der Waals surface area contributed by atoms with Gasteiger partial charge in [0, 0.05) is 18.4 Å². The Hall–Kier alpha value is -1.68. The van der Waals surface area contributed by atoms with E-state index in [-0.39, 0.29) is 0 Å². The van der Waals surface area contributed by atoms with Crippen LogP contribution in [0.3, 0.4) is 0 Å². The van der Waals surface area contributed by atoms with E-state index >= 15 is 0 Å². The fourth-order valence-corrected chi connectivity index (χ4v) is 1.66. The molecule has 2 rings (SSSR count). The molecule has 0 amide bonds. The van der Waals surface area contributed by atoms with Crippen LogP contribution in [0.2, 0.25) is 0 Å².